The van der Waals surface area contributed by atoms with E-state index in [2.05, 4.69) is 11.9 Å². The van der Waals surface area contributed by atoms with Gasteiger partial charge >= 0.3 is 0 Å². The van der Waals surface area contributed by atoms with Gasteiger partial charge in [0.1, 0.15) is 0 Å². The van der Waals surface area contributed by atoms with Gasteiger partial charge in [-0.25, -0.2) is 0 Å². The van der Waals surface area contributed by atoms with E-state index in [1.807, 2.05) is 6.92 Å². The van der Waals surface area contributed by atoms with E-state index in [0.29, 0.717) is 25.3 Å². The highest BCUT2D eigenvalue weighted by molar-refractivity contribution is 6.06. The van der Waals surface area contributed by atoms with Gasteiger partial charge in [0.05, 0.1) is 6.61 Å². The van der Waals surface area contributed by atoms with Crippen LogP contribution in [-0.4, -0.2) is 31.4 Å². The minimum absolute atomic E-state index is 0.239. The van der Waals surface area contributed by atoms with Crippen molar-refractivity contribution in [3.63, 3.8) is 0 Å². The molecule has 0 unspecified atom stereocenters. The molecule has 0 aliphatic carbocycles. The first-order valence-corrected chi connectivity index (χ1v) is 5.31. The third-order valence-electron chi connectivity index (χ3n) is 1.70. The average Bonchev–Trinajstić information content (AvgIpc) is 2.25. The molecule has 90 valence electrons. The van der Waals surface area contributed by atoms with Gasteiger partial charge in [0.25, 0.3) is 0 Å². The second kappa shape index (κ2) is 8.85. The number of nitrogens with one attached hydrogen (secondary N) is 1. The van der Waals surface area contributed by atoms with Gasteiger partial charge in [0.2, 0.25) is 5.91 Å². The Morgan fingerprint density at radius 2 is 2.00 bits per heavy atom. The van der Waals surface area contributed by atoms with Crippen LogP contribution in [0.5, 0.6) is 0 Å². The number of ether oxygens (including phenoxy) is 1. The quantitative estimate of drug-likeness (QED) is 0.499. The summed E-state index contributed by atoms with van der Waals surface area (Å²) in [4.78, 5) is 22.2. The Kier molecular flexibility index (Phi) is 8.07. The van der Waals surface area contributed by atoms with Gasteiger partial charge in [-0.1, -0.05) is 13.5 Å². The molecule has 0 aliphatic rings. The Morgan fingerprint density at radius 1 is 1.31 bits per heavy atom. The Morgan fingerprint density at radius 3 is 2.56 bits per heavy atom. The minimum Gasteiger partial charge on any atom is -0.380 e. The highest BCUT2D eigenvalue weighted by atomic mass is 16.5. The zero-order valence-corrected chi connectivity index (χ0v) is 9.91. The molecule has 4 heteroatoms. The molecule has 0 aliphatic heterocycles. The molecular formula is C12H19NO3. The summed E-state index contributed by atoms with van der Waals surface area (Å²) >= 11 is 0. The third kappa shape index (κ3) is 7.94. The van der Waals surface area contributed by atoms with Gasteiger partial charge in [-0.2, -0.15) is 0 Å². The van der Waals surface area contributed by atoms with Crippen LogP contribution in [0.3, 0.4) is 0 Å². The fourth-order valence-electron chi connectivity index (χ4n) is 0.845. The normalized spacial score (nSPS) is 10.4. The van der Waals surface area contributed by atoms with Crippen molar-refractivity contribution in [2.75, 3.05) is 19.8 Å². The molecule has 0 aromatic rings. The summed E-state index contributed by atoms with van der Waals surface area (Å²) in [7, 11) is 0. The van der Waals surface area contributed by atoms with Crippen molar-refractivity contribution in [3.8, 4) is 0 Å². The molecule has 1 N–H and O–H groups in total. The highest BCUT2D eigenvalue weighted by Gasteiger charge is 1.98. The van der Waals surface area contributed by atoms with Crippen molar-refractivity contribution >= 4 is 11.7 Å². The Bertz CT molecular complexity index is 282. The largest absolute Gasteiger partial charge is 0.380 e. The first kappa shape index (κ1) is 14.6. The molecule has 0 aromatic heterocycles. The van der Waals surface area contributed by atoms with E-state index in [9.17, 15) is 9.59 Å². The van der Waals surface area contributed by atoms with E-state index in [1.54, 1.807) is 6.92 Å². The number of rotatable bonds is 8. The minimum atomic E-state index is -0.297. The standard InChI is InChI=1S/C12H19NO3/c1-4-8-16-9-7-13-12(15)6-5-11(14)10(2)3/h5-6H,2,4,7-9H2,1,3H3,(H,13,15)/b6-5+. The molecular weight excluding hydrogens is 206 g/mol. The fraction of sp³-hybridized carbons (Fsp3) is 0.500. The number of hydrogen-bond donors (Lipinski definition) is 1. The maximum absolute atomic E-state index is 11.2. The lowest BCUT2D eigenvalue weighted by Gasteiger charge is -2.02. The van der Waals surface area contributed by atoms with E-state index >= 15 is 0 Å². The third-order valence-corrected chi connectivity index (χ3v) is 1.70. The van der Waals surface area contributed by atoms with Crippen molar-refractivity contribution in [1.29, 1.82) is 0 Å². The maximum Gasteiger partial charge on any atom is 0.244 e. The first-order valence-electron chi connectivity index (χ1n) is 5.31. The number of allylic oxidation sites excluding steroid dienone is 2. The van der Waals surface area contributed by atoms with Gasteiger partial charge in [0.15, 0.2) is 5.78 Å². The van der Waals surface area contributed by atoms with Gasteiger partial charge in [0, 0.05) is 19.2 Å². The molecule has 0 heterocycles. The SMILES string of the molecule is C=C(C)C(=O)/C=C/C(=O)NCCOCCC. The number of carbonyl (C=O) groups excluding carboxylic acids is 2. The topological polar surface area (TPSA) is 55.4 Å². The van der Waals surface area contributed by atoms with Gasteiger partial charge < -0.3 is 10.1 Å². The monoisotopic (exact) mass is 225 g/mol. The van der Waals surface area contributed by atoms with Crippen molar-refractivity contribution in [2.45, 2.75) is 20.3 Å². The molecule has 0 rings (SSSR count). The van der Waals surface area contributed by atoms with Crippen LogP contribution in [0, 0.1) is 0 Å². The predicted octanol–water partition coefficient (Wildman–Crippen LogP) is 1.23. The molecule has 4 nitrogen and oxygen atoms in total. The molecule has 0 saturated carbocycles. The molecule has 0 fully saturated rings. The van der Waals surface area contributed by atoms with Crippen LogP contribution >= 0.6 is 0 Å². The lowest BCUT2D eigenvalue weighted by atomic mass is 10.2. The van der Waals surface area contributed by atoms with Crippen LogP contribution in [0.25, 0.3) is 0 Å². The maximum atomic E-state index is 11.2. The van der Waals surface area contributed by atoms with E-state index in [-0.39, 0.29) is 11.7 Å². The molecule has 0 bridgehead atoms. The van der Waals surface area contributed by atoms with Crippen molar-refractivity contribution < 1.29 is 14.3 Å². The van der Waals surface area contributed by atoms with E-state index in [4.69, 9.17) is 4.74 Å². The van der Waals surface area contributed by atoms with Crippen molar-refractivity contribution in [1.82, 2.24) is 5.32 Å². The van der Waals surface area contributed by atoms with E-state index < -0.39 is 0 Å². The van der Waals surface area contributed by atoms with Crippen LogP contribution in [0.4, 0.5) is 0 Å². The first-order chi connectivity index (χ1) is 7.57. The fourth-order valence-corrected chi connectivity index (χ4v) is 0.845. The number of carbonyl (C=O) groups is 2. The van der Waals surface area contributed by atoms with E-state index in [0.717, 1.165) is 6.42 Å². The number of hydrogen-bond acceptors (Lipinski definition) is 3. The summed E-state index contributed by atoms with van der Waals surface area (Å²) in [5, 5.41) is 2.60. The van der Waals surface area contributed by atoms with Crippen LogP contribution in [0.2, 0.25) is 0 Å². The molecule has 0 atom stereocenters. The zero-order chi connectivity index (χ0) is 12.4. The predicted molar refractivity (Wildman–Crippen MR) is 63.1 cm³/mol. The molecule has 0 radical (unpaired) electrons. The summed E-state index contributed by atoms with van der Waals surface area (Å²) in [6, 6.07) is 0. The zero-order valence-electron chi connectivity index (χ0n) is 9.91. The van der Waals surface area contributed by atoms with E-state index in [1.165, 1.54) is 12.2 Å². The Labute approximate surface area is 96.4 Å². The van der Waals surface area contributed by atoms with Crippen LogP contribution in [-0.2, 0) is 14.3 Å². The second-order valence-electron chi connectivity index (χ2n) is 3.38. The van der Waals surface area contributed by atoms with Crippen molar-refractivity contribution in [3.05, 3.63) is 24.3 Å². The molecule has 0 spiro atoms. The van der Waals surface area contributed by atoms with Gasteiger partial charge in [-0.05, 0) is 25.0 Å². The summed E-state index contributed by atoms with van der Waals surface area (Å²) in [6.07, 6.45) is 3.38. The summed E-state index contributed by atoms with van der Waals surface area (Å²) in [6.45, 7) is 8.73. The lowest BCUT2D eigenvalue weighted by molar-refractivity contribution is -0.117. The molecule has 0 saturated heterocycles. The summed E-state index contributed by atoms with van der Waals surface area (Å²) in [5.74, 6) is -0.535. The summed E-state index contributed by atoms with van der Waals surface area (Å²) < 4.78 is 5.18. The Hall–Kier alpha value is -1.42. The molecule has 0 aromatic carbocycles. The summed E-state index contributed by atoms with van der Waals surface area (Å²) in [5.41, 5.74) is 0.412. The number of amides is 1. The van der Waals surface area contributed by atoms with Crippen LogP contribution in [0.15, 0.2) is 24.3 Å². The van der Waals surface area contributed by atoms with Crippen LogP contribution in [0.1, 0.15) is 20.3 Å². The molecule has 1 amide bonds. The van der Waals surface area contributed by atoms with Crippen LogP contribution < -0.4 is 5.32 Å². The lowest BCUT2D eigenvalue weighted by Crippen LogP contribution is -2.25. The van der Waals surface area contributed by atoms with Gasteiger partial charge in [-0.3, -0.25) is 9.59 Å². The highest BCUT2D eigenvalue weighted by Crippen LogP contribution is 1.90. The molecule has 16 heavy (non-hydrogen) atoms. The second-order valence-corrected chi connectivity index (χ2v) is 3.38. The van der Waals surface area contributed by atoms with Crippen molar-refractivity contribution in [2.24, 2.45) is 0 Å². The Balaban J connectivity index is 3.66. The van der Waals surface area contributed by atoms with Gasteiger partial charge in [-0.15, -0.1) is 0 Å². The number of ketones is 1. The smallest absolute Gasteiger partial charge is 0.244 e. The average molecular weight is 225 g/mol.